The van der Waals surface area contributed by atoms with Crippen molar-refractivity contribution in [1.29, 1.82) is 0 Å². The fourth-order valence-corrected chi connectivity index (χ4v) is 2.44. The number of rotatable bonds is 7. The van der Waals surface area contributed by atoms with Gasteiger partial charge in [0, 0.05) is 17.6 Å². The van der Waals surface area contributed by atoms with Crippen molar-refractivity contribution in [2.24, 2.45) is 0 Å². The van der Waals surface area contributed by atoms with Gasteiger partial charge in [-0.2, -0.15) is 0 Å². The average Bonchev–Trinajstić information content (AvgIpc) is 2.74. The minimum Gasteiger partial charge on any atom is -0.493 e. The first-order chi connectivity index (χ1) is 13.8. The molecule has 0 fully saturated rings. The number of amides is 1. The van der Waals surface area contributed by atoms with Crippen molar-refractivity contribution >= 4 is 16.8 Å². The Hall–Kier alpha value is -3.72. The van der Waals surface area contributed by atoms with Gasteiger partial charge in [0.05, 0.1) is 19.2 Å². The Morgan fingerprint density at radius 2 is 1.89 bits per heavy atom. The van der Waals surface area contributed by atoms with Crippen LogP contribution in [0, 0.1) is 11.8 Å². The maximum absolute atomic E-state index is 11.8. The number of para-hydroxylation sites is 2. The molecule has 0 radical (unpaired) electrons. The Morgan fingerprint density at radius 3 is 2.75 bits per heavy atom. The maximum Gasteiger partial charge on any atom is 0.258 e. The maximum atomic E-state index is 11.8. The Morgan fingerprint density at radius 1 is 1.04 bits per heavy atom. The summed E-state index contributed by atoms with van der Waals surface area (Å²) in [5, 5.41) is 3.72. The standard InChI is InChI=1S/C22H20N2O4/c1-26-20-8-2-3-9-21(20)28-16-22(25)24-12-4-5-14-27-18-11-10-17-7-6-13-23-19(17)15-18/h2-3,6-11,13,15H,12,14,16H2,1H3,(H,24,25). The van der Waals surface area contributed by atoms with Gasteiger partial charge in [-0.05, 0) is 30.3 Å². The van der Waals surface area contributed by atoms with Gasteiger partial charge in [0.25, 0.3) is 5.91 Å². The lowest BCUT2D eigenvalue weighted by Crippen LogP contribution is -2.29. The Labute approximate surface area is 163 Å². The van der Waals surface area contributed by atoms with E-state index in [2.05, 4.69) is 22.1 Å². The van der Waals surface area contributed by atoms with E-state index in [1.54, 1.807) is 25.4 Å². The average molecular weight is 376 g/mol. The van der Waals surface area contributed by atoms with E-state index in [-0.39, 0.29) is 25.7 Å². The molecule has 0 aliphatic heterocycles. The normalized spacial score (nSPS) is 9.89. The number of fused-ring (bicyclic) bond motifs is 1. The van der Waals surface area contributed by atoms with Gasteiger partial charge in [0.15, 0.2) is 18.1 Å². The highest BCUT2D eigenvalue weighted by Gasteiger charge is 2.05. The molecule has 1 N–H and O–H groups in total. The smallest absolute Gasteiger partial charge is 0.258 e. The minimum atomic E-state index is -0.262. The van der Waals surface area contributed by atoms with Crippen molar-refractivity contribution in [2.75, 3.05) is 26.9 Å². The van der Waals surface area contributed by atoms with Crippen molar-refractivity contribution in [2.45, 2.75) is 0 Å². The quantitative estimate of drug-likeness (QED) is 0.642. The van der Waals surface area contributed by atoms with Crippen molar-refractivity contribution in [1.82, 2.24) is 10.3 Å². The number of pyridine rings is 1. The second-order valence-corrected chi connectivity index (χ2v) is 5.72. The molecule has 0 bridgehead atoms. The molecule has 28 heavy (non-hydrogen) atoms. The number of nitrogens with zero attached hydrogens (tertiary/aromatic N) is 1. The van der Waals surface area contributed by atoms with E-state index in [0.29, 0.717) is 17.2 Å². The number of carbonyl (C=O) groups excluding carboxylic acids is 1. The molecule has 1 aromatic heterocycles. The van der Waals surface area contributed by atoms with Crippen LogP contribution in [0.25, 0.3) is 10.9 Å². The van der Waals surface area contributed by atoms with Crippen LogP contribution in [0.5, 0.6) is 17.2 Å². The summed E-state index contributed by atoms with van der Waals surface area (Å²) in [7, 11) is 1.55. The van der Waals surface area contributed by atoms with Gasteiger partial charge < -0.3 is 19.5 Å². The fourth-order valence-electron chi connectivity index (χ4n) is 2.44. The SMILES string of the molecule is COc1ccccc1OCC(=O)NCC#CCOc1ccc2cccnc2c1. The zero-order chi connectivity index (χ0) is 19.6. The molecule has 142 valence electrons. The van der Waals surface area contributed by atoms with Gasteiger partial charge in [-0.1, -0.05) is 30.0 Å². The number of methoxy groups -OCH3 is 1. The molecule has 0 saturated carbocycles. The van der Waals surface area contributed by atoms with Crippen LogP contribution in [0.15, 0.2) is 60.8 Å². The summed E-state index contributed by atoms with van der Waals surface area (Å²) < 4.78 is 16.2. The highest BCUT2D eigenvalue weighted by atomic mass is 16.5. The van der Waals surface area contributed by atoms with E-state index < -0.39 is 0 Å². The Kier molecular flexibility index (Phi) is 6.69. The molecule has 6 heteroatoms. The molecule has 2 aromatic carbocycles. The molecule has 0 saturated heterocycles. The van der Waals surface area contributed by atoms with Crippen LogP contribution >= 0.6 is 0 Å². The summed E-state index contributed by atoms with van der Waals surface area (Å²) >= 11 is 0. The molecule has 3 aromatic rings. The van der Waals surface area contributed by atoms with E-state index in [1.807, 2.05) is 42.5 Å². The predicted octanol–water partition coefficient (Wildman–Crippen LogP) is 2.82. The number of aromatic nitrogens is 1. The number of hydrogen-bond acceptors (Lipinski definition) is 5. The summed E-state index contributed by atoms with van der Waals surface area (Å²) in [5.41, 5.74) is 0.871. The second kappa shape index (κ2) is 9.83. The lowest BCUT2D eigenvalue weighted by atomic mass is 10.2. The topological polar surface area (TPSA) is 69.7 Å². The van der Waals surface area contributed by atoms with Gasteiger partial charge in [-0.25, -0.2) is 0 Å². The largest absolute Gasteiger partial charge is 0.493 e. The molecule has 0 aliphatic carbocycles. The summed E-state index contributed by atoms with van der Waals surface area (Å²) in [6.45, 7) is 0.339. The van der Waals surface area contributed by atoms with Gasteiger partial charge in [-0.15, -0.1) is 0 Å². The molecule has 0 unspecified atom stereocenters. The second-order valence-electron chi connectivity index (χ2n) is 5.72. The summed E-state index contributed by atoms with van der Waals surface area (Å²) in [5.74, 6) is 7.24. The highest BCUT2D eigenvalue weighted by Crippen LogP contribution is 2.25. The van der Waals surface area contributed by atoms with Crippen LogP contribution < -0.4 is 19.5 Å². The van der Waals surface area contributed by atoms with Crippen LogP contribution in [0.4, 0.5) is 0 Å². The number of benzene rings is 2. The number of nitrogens with one attached hydrogen (secondary N) is 1. The molecular weight excluding hydrogens is 356 g/mol. The van der Waals surface area contributed by atoms with Crippen molar-refractivity contribution < 1.29 is 19.0 Å². The highest BCUT2D eigenvalue weighted by molar-refractivity contribution is 5.79. The van der Waals surface area contributed by atoms with Crippen molar-refractivity contribution in [3.8, 4) is 29.1 Å². The van der Waals surface area contributed by atoms with E-state index in [4.69, 9.17) is 14.2 Å². The molecule has 0 aliphatic rings. The lowest BCUT2D eigenvalue weighted by molar-refractivity contribution is -0.122. The van der Waals surface area contributed by atoms with Gasteiger partial charge in [-0.3, -0.25) is 9.78 Å². The first kappa shape index (κ1) is 19.1. The van der Waals surface area contributed by atoms with Crippen LogP contribution in [0.3, 0.4) is 0 Å². The molecule has 0 spiro atoms. The Bertz CT molecular complexity index is 1010. The predicted molar refractivity (Wildman–Crippen MR) is 107 cm³/mol. The molecule has 1 amide bonds. The molecule has 1 heterocycles. The van der Waals surface area contributed by atoms with Crippen molar-refractivity contribution in [3.05, 3.63) is 60.8 Å². The Balaban J connectivity index is 1.38. The molecule has 6 nitrogen and oxygen atoms in total. The van der Waals surface area contributed by atoms with Crippen LogP contribution in [-0.2, 0) is 4.79 Å². The van der Waals surface area contributed by atoms with Gasteiger partial charge in [0.1, 0.15) is 12.4 Å². The third-order valence-electron chi connectivity index (χ3n) is 3.82. The zero-order valence-corrected chi connectivity index (χ0v) is 15.5. The fraction of sp³-hybridized carbons (Fsp3) is 0.182. The third kappa shape index (κ3) is 5.39. The summed E-state index contributed by atoms with van der Waals surface area (Å²) in [6.07, 6.45) is 1.74. The van der Waals surface area contributed by atoms with Crippen LogP contribution in [0.2, 0.25) is 0 Å². The first-order valence-corrected chi connectivity index (χ1v) is 8.72. The van der Waals surface area contributed by atoms with E-state index in [0.717, 1.165) is 10.9 Å². The van der Waals surface area contributed by atoms with Crippen LogP contribution in [0.1, 0.15) is 0 Å². The third-order valence-corrected chi connectivity index (χ3v) is 3.82. The zero-order valence-electron chi connectivity index (χ0n) is 15.5. The van der Waals surface area contributed by atoms with Gasteiger partial charge >= 0.3 is 0 Å². The number of ether oxygens (including phenoxy) is 3. The monoisotopic (exact) mass is 376 g/mol. The summed E-state index contributed by atoms with van der Waals surface area (Å²) in [4.78, 5) is 16.1. The van der Waals surface area contributed by atoms with Crippen molar-refractivity contribution in [3.63, 3.8) is 0 Å². The summed E-state index contributed by atoms with van der Waals surface area (Å²) in [6, 6.07) is 16.7. The number of hydrogen-bond donors (Lipinski definition) is 1. The molecular formula is C22H20N2O4. The van der Waals surface area contributed by atoms with Gasteiger partial charge in [0.2, 0.25) is 0 Å². The molecule has 0 atom stereocenters. The van der Waals surface area contributed by atoms with E-state index >= 15 is 0 Å². The number of carbonyl (C=O) groups is 1. The molecule has 3 rings (SSSR count). The lowest BCUT2D eigenvalue weighted by Gasteiger charge is -2.09. The van der Waals surface area contributed by atoms with Crippen LogP contribution in [-0.4, -0.2) is 37.8 Å². The first-order valence-electron chi connectivity index (χ1n) is 8.72. The van der Waals surface area contributed by atoms with E-state index in [1.165, 1.54) is 0 Å². The minimum absolute atomic E-state index is 0.108. The van der Waals surface area contributed by atoms with E-state index in [9.17, 15) is 4.79 Å².